The van der Waals surface area contributed by atoms with Crippen molar-refractivity contribution in [3.63, 3.8) is 0 Å². The van der Waals surface area contributed by atoms with Gasteiger partial charge >= 0.3 is 0 Å². The molecule has 1 aliphatic heterocycles. The second-order valence-electron chi connectivity index (χ2n) is 2.83. The van der Waals surface area contributed by atoms with Crippen LogP contribution in [0.2, 0.25) is 0 Å². The Balaban J connectivity index is 2.56. The van der Waals surface area contributed by atoms with Gasteiger partial charge in [0.2, 0.25) is 10.9 Å². The van der Waals surface area contributed by atoms with Gasteiger partial charge in [-0.05, 0) is 0 Å². The molecule has 14 heavy (non-hydrogen) atoms. The van der Waals surface area contributed by atoms with Crippen molar-refractivity contribution in [3.05, 3.63) is 0 Å². The van der Waals surface area contributed by atoms with E-state index < -0.39 is 9.96 Å². The average molecular weight is 262 g/mol. The number of amides is 1. The van der Waals surface area contributed by atoms with Gasteiger partial charge in [-0.2, -0.15) is 0 Å². The summed E-state index contributed by atoms with van der Waals surface area (Å²) in [6, 6.07) is 0. The maximum absolute atomic E-state index is 10.2. The predicted octanol–water partition coefficient (Wildman–Crippen LogP) is 0.761. The van der Waals surface area contributed by atoms with Crippen LogP contribution in [0.25, 0.3) is 0 Å². The Hall–Kier alpha value is 0.260. The molecular weight excluding hydrogens is 250 g/mol. The molecule has 0 bridgehead atoms. The van der Waals surface area contributed by atoms with E-state index >= 15 is 0 Å². The van der Waals surface area contributed by atoms with Gasteiger partial charge in [-0.15, -0.1) is 0 Å². The summed E-state index contributed by atoms with van der Waals surface area (Å²) in [5, 5.41) is 2.32. The topological polar surface area (TPSA) is 41.6 Å². The minimum absolute atomic E-state index is 0.470. The van der Waals surface area contributed by atoms with E-state index in [0.29, 0.717) is 32.7 Å². The molecule has 1 amide bonds. The van der Waals surface area contributed by atoms with Gasteiger partial charge in [0.05, 0.1) is 13.2 Å². The number of carbonyl (C=O) groups excluding carboxylic acids is 1. The lowest BCUT2D eigenvalue weighted by atomic mass is 10.4. The lowest BCUT2D eigenvalue weighted by molar-refractivity contribution is -0.110. The number of ether oxygens (including phenoxy) is 1. The van der Waals surface area contributed by atoms with Gasteiger partial charge in [0.25, 0.3) is 0 Å². The predicted molar refractivity (Wildman–Crippen MR) is 55.7 cm³/mol. The van der Waals surface area contributed by atoms with Gasteiger partial charge in [0, 0.05) is 13.1 Å². The van der Waals surface area contributed by atoms with Crippen molar-refractivity contribution in [1.29, 1.82) is 0 Å². The highest BCUT2D eigenvalue weighted by molar-refractivity contribution is 6.52. The summed E-state index contributed by atoms with van der Waals surface area (Å²) >= 11 is 17.9. The second-order valence-corrected chi connectivity index (χ2v) is 4.62. The van der Waals surface area contributed by atoms with Crippen molar-refractivity contribution in [2.75, 3.05) is 26.3 Å². The molecular formula is C7H11Cl3N2O2. The van der Waals surface area contributed by atoms with Crippen molar-refractivity contribution >= 4 is 41.2 Å². The highest BCUT2D eigenvalue weighted by atomic mass is 35.5. The molecule has 4 nitrogen and oxygen atoms in total. The quantitative estimate of drug-likeness (QED) is 0.461. The number of nitrogens with one attached hydrogen (secondary N) is 1. The molecule has 1 unspecified atom stereocenters. The summed E-state index contributed by atoms with van der Waals surface area (Å²) in [6.45, 7) is 2.31. The molecule has 7 heteroatoms. The van der Waals surface area contributed by atoms with Gasteiger partial charge in [0.15, 0.2) is 5.50 Å². The second kappa shape index (κ2) is 5.37. The molecule has 0 radical (unpaired) electrons. The monoisotopic (exact) mass is 260 g/mol. The maximum atomic E-state index is 10.2. The summed E-state index contributed by atoms with van der Waals surface area (Å²) in [6.07, 6.45) is 0.470. The molecule has 1 N–H and O–H groups in total. The molecule has 1 aliphatic rings. The fraction of sp³-hybridized carbons (Fsp3) is 0.857. The van der Waals surface area contributed by atoms with Crippen LogP contribution in [0.3, 0.4) is 0 Å². The first-order valence-corrected chi connectivity index (χ1v) is 5.32. The Morgan fingerprint density at radius 2 is 2.00 bits per heavy atom. The number of carbonyl (C=O) groups is 1. The fourth-order valence-corrected chi connectivity index (χ4v) is 1.84. The van der Waals surface area contributed by atoms with Gasteiger partial charge < -0.3 is 10.1 Å². The summed E-state index contributed by atoms with van der Waals surface area (Å²) < 4.78 is 3.84. The molecule has 1 fully saturated rings. The van der Waals surface area contributed by atoms with Crippen LogP contribution in [0, 0.1) is 0 Å². The number of hydrogen-bond acceptors (Lipinski definition) is 3. The highest BCUT2D eigenvalue weighted by Crippen LogP contribution is 2.32. The van der Waals surface area contributed by atoms with E-state index in [0.717, 1.165) is 0 Å². The summed E-state index contributed by atoms with van der Waals surface area (Å²) in [5.74, 6) is 0. The van der Waals surface area contributed by atoms with Gasteiger partial charge in [-0.3, -0.25) is 9.69 Å². The Morgan fingerprint density at radius 3 is 2.50 bits per heavy atom. The van der Waals surface area contributed by atoms with Crippen molar-refractivity contribution in [3.8, 4) is 0 Å². The van der Waals surface area contributed by atoms with E-state index in [2.05, 4.69) is 5.32 Å². The SMILES string of the molecule is O=CNC(Cl)C(Cl)(Cl)N1CCOCC1. The van der Waals surface area contributed by atoms with E-state index in [4.69, 9.17) is 39.5 Å². The third-order valence-corrected chi connectivity index (χ3v) is 3.53. The van der Waals surface area contributed by atoms with E-state index in [-0.39, 0.29) is 0 Å². The van der Waals surface area contributed by atoms with Crippen molar-refractivity contribution in [2.24, 2.45) is 0 Å². The van der Waals surface area contributed by atoms with Gasteiger partial charge in [-0.25, -0.2) is 0 Å². The number of morpholine rings is 1. The van der Waals surface area contributed by atoms with Crippen LogP contribution in [0.4, 0.5) is 0 Å². The zero-order valence-corrected chi connectivity index (χ0v) is 9.65. The first kappa shape index (κ1) is 12.3. The van der Waals surface area contributed by atoms with Crippen LogP contribution < -0.4 is 5.32 Å². The third kappa shape index (κ3) is 2.87. The Labute approximate surface area is 97.4 Å². The van der Waals surface area contributed by atoms with Crippen LogP contribution in [0.5, 0.6) is 0 Å². The molecule has 0 aromatic carbocycles. The fourth-order valence-electron chi connectivity index (χ4n) is 1.18. The lowest BCUT2D eigenvalue weighted by Gasteiger charge is -2.38. The number of rotatable bonds is 4. The Bertz CT molecular complexity index is 197. The third-order valence-electron chi connectivity index (χ3n) is 1.95. The van der Waals surface area contributed by atoms with E-state index in [1.54, 1.807) is 4.90 Å². The Kier molecular flexibility index (Phi) is 4.73. The number of hydrogen-bond donors (Lipinski definition) is 1. The largest absolute Gasteiger partial charge is 0.379 e. The van der Waals surface area contributed by atoms with Gasteiger partial charge in [-0.1, -0.05) is 34.8 Å². The molecule has 1 heterocycles. The van der Waals surface area contributed by atoms with E-state index in [9.17, 15) is 4.79 Å². The highest BCUT2D eigenvalue weighted by Gasteiger charge is 2.40. The first-order valence-electron chi connectivity index (χ1n) is 4.13. The molecule has 1 saturated heterocycles. The molecule has 1 rings (SSSR count). The van der Waals surface area contributed by atoms with Crippen LogP contribution >= 0.6 is 34.8 Å². The Morgan fingerprint density at radius 1 is 1.43 bits per heavy atom. The number of halogens is 3. The molecule has 0 spiro atoms. The minimum atomic E-state index is -1.30. The zero-order valence-electron chi connectivity index (χ0n) is 7.38. The summed E-state index contributed by atoms with van der Waals surface area (Å²) in [5.41, 5.74) is -0.846. The average Bonchev–Trinajstić information content (AvgIpc) is 2.19. The standard InChI is InChI=1S/C7H11Cl3N2O2/c8-6(11-5-13)7(9,10)12-1-3-14-4-2-12/h5-6H,1-4H2,(H,11,13). The van der Waals surface area contributed by atoms with E-state index in [1.165, 1.54) is 0 Å². The number of alkyl halides is 3. The van der Waals surface area contributed by atoms with Crippen LogP contribution in [-0.4, -0.2) is 47.6 Å². The number of nitrogens with zero attached hydrogens (tertiary/aromatic N) is 1. The first-order chi connectivity index (χ1) is 6.59. The molecule has 82 valence electrons. The molecule has 0 aromatic heterocycles. The normalized spacial score (nSPS) is 21.6. The van der Waals surface area contributed by atoms with Gasteiger partial charge in [0.1, 0.15) is 0 Å². The minimum Gasteiger partial charge on any atom is -0.379 e. The summed E-state index contributed by atoms with van der Waals surface area (Å²) in [7, 11) is 0. The smallest absolute Gasteiger partial charge is 0.208 e. The van der Waals surface area contributed by atoms with Crippen molar-refractivity contribution in [2.45, 2.75) is 9.96 Å². The van der Waals surface area contributed by atoms with Crippen LogP contribution in [-0.2, 0) is 9.53 Å². The summed E-state index contributed by atoms with van der Waals surface area (Å²) in [4.78, 5) is 11.9. The zero-order chi connectivity index (χ0) is 10.6. The molecule has 0 saturated carbocycles. The van der Waals surface area contributed by atoms with Crippen molar-refractivity contribution in [1.82, 2.24) is 10.2 Å². The molecule has 0 aliphatic carbocycles. The van der Waals surface area contributed by atoms with E-state index in [1.807, 2.05) is 0 Å². The molecule has 0 aromatic rings. The van der Waals surface area contributed by atoms with Crippen molar-refractivity contribution < 1.29 is 9.53 Å². The maximum Gasteiger partial charge on any atom is 0.208 e. The lowest BCUT2D eigenvalue weighted by Crippen LogP contribution is -2.55. The van der Waals surface area contributed by atoms with Crippen LogP contribution in [0.15, 0.2) is 0 Å². The van der Waals surface area contributed by atoms with Crippen LogP contribution in [0.1, 0.15) is 0 Å². The molecule has 1 atom stereocenters.